The molecule has 3 aromatic rings. The summed E-state index contributed by atoms with van der Waals surface area (Å²) in [6, 6.07) is 3.20. The number of unbranched alkanes of at least 4 members (excludes halogenated alkanes) is 2. The average Bonchev–Trinajstić information content (AvgIpc) is 3.70. The SMILES string of the molecule is CC(C)c1nc(C(=O)N2CCOC3(CCN(CCCCCC(C)(C)CNC[C@H](O)c4ccc(O)c5[nH]c(=O)sc45)CC3)C2)cs1.O=CO. The number of H-pyrrole nitrogens is 1. The van der Waals surface area contributed by atoms with Gasteiger partial charge in [0.15, 0.2) is 0 Å². The molecular formula is C34H51N5O7S2. The highest BCUT2D eigenvalue weighted by molar-refractivity contribution is 7.16. The molecular weight excluding hydrogens is 655 g/mol. The van der Waals surface area contributed by atoms with Crippen LogP contribution in [0.4, 0.5) is 0 Å². The number of carboxylic acid groups (broad SMARTS) is 1. The second-order valence-electron chi connectivity index (χ2n) is 13.9. The van der Waals surface area contributed by atoms with Crippen LogP contribution in [0, 0.1) is 5.41 Å². The molecule has 5 rings (SSSR count). The van der Waals surface area contributed by atoms with Gasteiger partial charge in [0.05, 0.1) is 34.6 Å². The number of aliphatic hydroxyl groups excluding tert-OH is 1. The number of nitrogens with one attached hydrogen (secondary N) is 2. The van der Waals surface area contributed by atoms with Crippen LogP contribution in [0.5, 0.6) is 5.75 Å². The molecule has 2 aromatic heterocycles. The predicted octanol–water partition coefficient (Wildman–Crippen LogP) is 4.79. The Morgan fingerprint density at radius 2 is 1.94 bits per heavy atom. The van der Waals surface area contributed by atoms with E-state index in [9.17, 15) is 19.8 Å². The first kappa shape index (κ1) is 37.9. The van der Waals surface area contributed by atoms with Gasteiger partial charge in [0.25, 0.3) is 12.4 Å². The molecule has 1 amide bonds. The number of aromatic hydroxyl groups is 1. The quantitative estimate of drug-likeness (QED) is 0.123. The summed E-state index contributed by atoms with van der Waals surface area (Å²) in [7, 11) is 0. The van der Waals surface area contributed by atoms with Crippen LogP contribution >= 0.6 is 22.7 Å². The molecule has 1 aromatic carbocycles. The summed E-state index contributed by atoms with van der Waals surface area (Å²) >= 11 is 2.58. The molecule has 48 heavy (non-hydrogen) atoms. The van der Waals surface area contributed by atoms with Crippen molar-refractivity contribution in [1.82, 2.24) is 25.1 Å². The molecule has 0 bridgehead atoms. The summed E-state index contributed by atoms with van der Waals surface area (Å²) < 4.78 is 6.91. The van der Waals surface area contributed by atoms with Gasteiger partial charge in [-0.05, 0) is 43.7 Å². The minimum atomic E-state index is -0.766. The highest BCUT2D eigenvalue weighted by atomic mass is 32.1. The van der Waals surface area contributed by atoms with Crippen molar-refractivity contribution >= 4 is 45.3 Å². The zero-order chi connectivity index (χ0) is 34.9. The van der Waals surface area contributed by atoms with E-state index in [4.69, 9.17) is 14.6 Å². The molecule has 0 aliphatic carbocycles. The van der Waals surface area contributed by atoms with Gasteiger partial charge in [-0.25, -0.2) is 4.98 Å². The van der Waals surface area contributed by atoms with Crippen LogP contribution in [0.2, 0.25) is 0 Å². The van der Waals surface area contributed by atoms with Crippen molar-refractivity contribution < 1.29 is 29.6 Å². The Kier molecular flexibility index (Phi) is 13.6. The Bertz CT molecular complexity index is 1540. The molecule has 5 N–H and O–H groups in total. The van der Waals surface area contributed by atoms with Crippen LogP contribution in [0.25, 0.3) is 10.2 Å². The van der Waals surface area contributed by atoms with Crippen molar-refractivity contribution in [3.8, 4) is 5.75 Å². The normalized spacial score (nSPS) is 17.4. The summed E-state index contributed by atoms with van der Waals surface area (Å²) in [4.78, 5) is 44.8. The van der Waals surface area contributed by atoms with Crippen molar-refractivity contribution in [2.24, 2.45) is 5.41 Å². The number of phenols is 1. The van der Waals surface area contributed by atoms with E-state index >= 15 is 0 Å². The largest absolute Gasteiger partial charge is 0.506 e. The number of hydrogen-bond acceptors (Lipinski definition) is 11. The molecule has 1 atom stereocenters. The number of carbonyl (C=O) groups excluding carboxylic acids is 1. The summed E-state index contributed by atoms with van der Waals surface area (Å²) in [5.74, 6) is 0.383. The minimum absolute atomic E-state index is 0.0170. The number of hydrogen-bond donors (Lipinski definition) is 5. The number of rotatable bonds is 13. The van der Waals surface area contributed by atoms with E-state index < -0.39 is 6.10 Å². The van der Waals surface area contributed by atoms with E-state index in [1.54, 1.807) is 17.4 Å². The zero-order valence-electron chi connectivity index (χ0n) is 28.5. The highest BCUT2D eigenvalue weighted by Crippen LogP contribution is 2.33. The van der Waals surface area contributed by atoms with Crippen molar-refractivity contribution in [2.45, 2.75) is 83.8 Å². The van der Waals surface area contributed by atoms with Gasteiger partial charge in [-0.2, -0.15) is 0 Å². The Morgan fingerprint density at radius 3 is 2.62 bits per heavy atom. The van der Waals surface area contributed by atoms with Crippen LogP contribution < -0.4 is 10.2 Å². The van der Waals surface area contributed by atoms with Gasteiger partial charge >= 0.3 is 4.87 Å². The third-order valence-corrected chi connectivity index (χ3v) is 11.3. The van der Waals surface area contributed by atoms with E-state index in [2.05, 4.69) is 47.9 Å². The number of benzene rings is 1. The van der Waals surface area contributed by atoms with Gasteiger partial charge in [-0.1, -0.05) is 57.9 Å². The van der Waals surface area contributed by atoms with E-state index in [0.717, 1.165) is 68.2 Å². The number of likely N-dealkylation sites (tertiary alicyclic amines) is 1. The smallest absolute Gasteiger partial charge is 0.305 e. The maximum atomic E-state index is 13.2. The number of morpholine rings is 1. The van der Waals surface area contributed by atoms with Crippen molar-refractivity contribution in [2.75, 3.05) is 52.4 Å². The number of piperidine rings is 1. The number of amides is 1. The fraction of sp³-hybridized carbons (Fsp3) is 0.647. The maximum absolute atomic E-state index is 13.2. The molecule has 0 unspecified atom stereocenters. The van der Waals surface area contributed by atoms with E-state index in [1.807, 2.05) is 10.3 Å². The Hall–Kier alpha value is -2.88. The first-order valence-electron chi connectivity index (χ1n) is 16.8. The minimum Gasteiger partial charge on any atom is -0.506 e. The molecule has 2 fully saturated rings. The Balaban J connectivity index is 0.00000167. The molecule has 2 aliphatic rings. The monoisotopic (exact) mass is 705 g/mol. The lowest BCUT2D eigenvalue weighted by Gasteiger charge is -2.47. The Labute approximate surface area is 290 Å². The first-order valence-corrected chi connectivity index (χ1v) is 18.5. The third kappa shape index (κ3) is 10.1. The molecule has 0 saturated carbocycles. The lowest BCUT2D eigenvalue weighted by atomic mass is 9.86. The van der Waals surface area contributed by atoms with Crippen molar-refractivity contribution in [3.05, 3.63) is 43.4 Å². The van der Waals surface area contributed by atoms with Gasteiger partial charge in [-0.15, -0.1) is 11.3 Å². The van der Waals surface area contributed by atoms with Crippen molar-refractivity contribution in [3.63, 3.8) is 0 Å². The van der Waals surface area contributed by atoms with Crippen molar-refractivity contribution in [1.29, 1.82) is 0 Å². The zero-order valence-corrected chi connectivity index (χ0v) is 30.1. The molecule has 4 heterocycles. The number of nitrogens with zero attached hydrogens (tertiary/aromatic N) is 3. The van der Waals surface area contributed by atoms with Crippen LogP contribution in [-0.4, -0.2) is 105 Å². The van der Waals surface area contributed by atoms with Gasteiger partial charge in [-0.3, -0.25) is 14.4 Å². The second-order valence-corrected chi connectivity index (χ2v) is 15.8. The molecule has 2 saturated heterocycles. The van der Waals surface area contributed by atoms with E-state index in [0.29, 0.717) is 53.6 Å². The predicted molar refractivity (Wildman–Crippen MR) is 189 cm³/mol. The van der Waals surface area contributed by atoms with Gasteiger partial charge < -0.3 is 40.2 Å². The molecule has 14 heteroatoms. The number of ether oxygens (including phenoxy) is 1. The topological polar surface area (TPSA) is 168 Å². The standard InChI is InChI=1S/C33H49N5O5S2.CH2O2/c1-22(2)29-35-24(19-44-29)30(41)38-16-17-43-33(21-38)11-14-37(15-12-33)13-7-5-6-10-32(3,4)20-34-18-26(40)23-8-9-25(39)27-28(23)45-31(42)36-27;2-1-3/h8-9,19,22,26,34,39-40H,5-7,10-18,20-21H2,1-4H3,(H,36,42);1H,(H,2,3)/t26-;/m0./s1. The average molecular weight is 706 g/mol. The first-order chi connectivity index (χ1) is 22.9. The number of aliphatic hydroxyl groups is 1. The summed E-state index contributed by atoms with van der Waals surface area (Å²) in [5.41, 5.74) is 1.47. The van der Waals surface area contributed by atoms with E-state index in [-0.39, 0.29) is 34.0 Å². The fourth-order valence-electron chi connectivity index (χ4n) is 6.48. The summed E-state index contributed by atoms with van der Waals surface area (Å²) in [6.07, 6.45) is 5.73. The molecule has 1 spiro atoms. The van der Waals surface area contributed by atoms with Crippen LogP contribution in [0.3, 0.4) is 0 Å². The van der Waals surface area contributed by atoms with Gasteiger partial charge in [0.2, 0.25) is 0 Å². The third-order valence-electron chi connectivity index (χ3n) is 9.25. The Morgan fingerprint density at radius 1 is 1.21 bits per heavy atom. The second kappa shape index (κ2) is 17.2. The lowest BCUT2D eigenvalue weighted by molar-refractivity contribution is -0.127. The summed E-state index contributed by atoms with van der Waals surface area (Å²) in [5, 5.41) is 34.0. The fourth-order valence-corrected chi connectivity index (χ4v) is 8.21. The number of carbonyl (C=O) groups is 2. The number of phenolic OH excluding ortho intramolecular Hbond substituents is 1. The molecule has 266 valence electrons. The lowest BCUT2D eigenvalue weighted by Crippen LogP contribution is -2.58. The number of aromatic nitrogens is 2. The van der Waals surface area contributed by atoms with E-state index in [1.165, 1.54) is 18.9 Å². The van der Waals surface area contributed by atoms with Crippen LogP contribution in [-0.2, 0) is 9.53 Å². The maximum Gasteiger partial charge on any atom is 0.305 e. The number of thiazole rings is 2. The molecule has 2 aliphatic heterocycles. The van der Waals surface area contributed by atoms with Crippen LogP contribution in [0.1, 0.15) is 99.3 Å². The number of aromatic amines is 1. The van der Waals surface area contributed by atoms with Gasteiger partial charge in [0, 0.05) is 49.6 Å². The molecule has 12 nitrogen and oxygen atoms in total. The van der Waals surface area contributed by atoms with Gasteiger partial charge in [0.1, 0.15) is 17.0 Å². The molecule has 0 radical (unpaired) electrons. The number of fused-ring (bicyclic) bond motifs is 1. The summed E-state index contributed by atoms with van der Waals surface area (Å²) in [6.45, 7) is 14.6. The van der Waals surface area contributed by atoms with Crippen LogP contribution in [0.15, 0.2) is 22.3 Å². The highest BCUT2D eigenvalue weighted by Gasteiger charge is 2.41.